The van der Waals surface area contributed by atoms with Crippen LogP contribution in [0.15, 0.2) is 6.33 Å². The van der Waals surface area contributed by atoms with Crippen LogP contribution in [-0.4, -0.2) is 29.2 Å². The van der Waals surface area contributed by atoms with Crippen LogP contribution in [0.5, 0.6) is 0 Å². The van der Waals surface area contributed by atoms with Crippen LogP contribution in [0.4, 0.5) is 11.6 Å². The molecule has 2 rings (SSSR count). The predicted octanol–water partition coefficient (Wildman–Crippen LogP) is 2.26. The fourth-order valence-electron chi connectivity index (χ4n) is 2.65. The molecule has 6 heteroatoms. The molecule has 0 amide bonds. The van der Waals surface area contributed by atoms with Gasteiger partial charge < -0.3 is 15.5 Å². The Hall–Kier alpha value is -1.40. The number of aromatic nitrogens is 2. The average molecular weight is 279 g/mol. The standard InChI is InChI=1S/C14H25N5O/c1-10(2)12-13(17-9-18-14(12)19-15)16-7-8-20-11-5-3-4-6-11/h9-11H,3-8,15H2,1-2H3,(H2,16,17,18,19). The summed E-state index contributed by atoms with van der Waals surface area (Å²) in [7, 11) is 0. The van der Waals surface area contributed by atoms with Gasteiger partial charge in [0.1, 0.15) is 18.0 Å². The summed E-state index contributed by atoms with van der Waals surface area (Å²) in [4.78, 5) is 8.46. The van der Waals surface area contributed by atoms with E-state index in [2.05, 4.69) is 34.6 Å². The Bertz CT molecular complexity index is 418. The molecule has 20 heavy (non-hydrogen) atoms. The minimum absolute atomic E-state index is 0.292. The first kappa shape index (κ1) is 15.0. The third-order valence-corrected chi connectivity index (χ3v) is 3.65. The molecule has 1 aromatic heterocycles. The zero-order valence-electron chi connectivity index (χ0n) is 12.4. The second-order valence-electron chi connectivity index (χ2n) is 5.49. The number of hydrogen-bond acceptors (Lipinski definition) is 6. The van der Waals surface area contributed by atoms with Crippen molar-refractivity contribution in [1.29, 1.82) is 0 Å². The van der Waals surface area contributed by atoms with Crippen LogP contribution in [0.25, 0.3) is 0 Å². The summed E-state index contributed by atoms with van der Waals surface area (Å²) in [5.41, 5.74) is 3.64. The number of nitrogen functional groups attached to an aromatic ring is 1. The van der Waals surface area contributed by atoms with E-state index in [1.165, 1.54) is 32.0 Å². The third kappa shape index (κ3) is 3.80. The molecule has 1 aromatic rings. The van der Waals surface area contributed by atoms with Crippen LogP contribution in [0, 0.1) is 0 Å². The van der Waals surface area contributed by atoms with E-state index in [0.717, 1.165) is 17.9 Å². The van der Waals surface area contributed by atoms with Gasteiger partial charge in [-0.3, -0.25) is 0 Å². The van der Waals surface area contributed by atoms with Crippen LogP contribution < -0.4 is 16.6 Å². The van der Waals surface area contributed by atoms with E-state index in [9.17, 15) is 0 Å². The molecular formula is C14H25N5O. The van der Waals surface area contributed by atoms with Crippen molar-refractivity contribution in [3.63, 3.8) is 0 Å². The van der Waals surface area contributed by atoms with Crippen molar-refractivity contribution in [3.05, 3.63) is 11.9 Å². The molecule has 0 atom stereocenters. The summed E-state index contributed by atoms with van der Waals surface area (Å²) < 4.78 is 5.84. The second-order valence-corrected chi connectivity index (χ2v) is 5.49. The highest BCUT2D eigenvalue weighted by Gasteiger charge is 2.16. The van der Waals surface area contributed by atoms with Gasteiger partial charge in [0.15, 0.2) is 0 Å². The molecule has 1 aliphatic carbocycles. The zero-order chi connectivity index (χ0) is 14.4. The van der Waals surface area contributed by atoms with Gasteiger partial charge in [0, 0.05) is 12.1 Å². The van der Waals surface area contributed by atoms with E-state index < -0.39 is 0 Å². The van der Waals surface area contributed by atoms with Gasteiger partial charge in [0.25, 0.3) is 0 Å². The molecule has 0 spiro atoms. The molecular weight excluding hydrogens is 254 g/mol. The van der Waals surface area contributed by atoms with Crippen molar-refractivity contribution in [2.24, 2.45) is 5.84 Å². The molecule has 0 unspecified atom stereocenters. The molecule has 1 fully saturated rings. The summed E-state index contributed by atoms with van der Waals surface area (Å²) in [5.74, 6) is 7.30. The summed E-state index contributed by atoms with van der Waals surface area (Å²) in [6, 6.07) is 0. The Balaban J connectivity index is 1.88. The molecule has 1 saturated carbocycles. The van der Waals surface area contributed by atoms with Crippen LogP contribution in [0.2, 0.25) is 0 Å². The van der Waals surface area contributed by atoms with Crippen molar-refractivity contribution in [2.75, 3.05) is 23.9 Å². The molecule has 0 aromatic carbocycles. The molecule has 4 N–H and O–H groups in total. The van der Waals surface area contributed by atoms with Gasteiger partial charge in [-0.2, -0.15) is 0 Å². The van der Waals surface area contributed by atoms with E-state index in [1.807, 2.05) is 0 Å². The second kappa shape index (κ2) is 7.40. The molecule has 0 saturated heterocycles. The van der Waals surface area contributed by atoms with Gasteiger partial charge in [-0.05, 0) is 18.8 Å². The first-order valence-corrected chi connectivity index (χ1v) is 7.39. The van der Waals surface area contributed by atoms with Crippen LogP contribution in [-0.2, 0) is 4.74 Å². The fraction of sp³-hybridized carbons (Fsp3) is 0.714. The summed E-state index contributed by atoms with van der Waals surface area (Å²) in [6.07, 6.45) is 6.97. The maximum atomic E-state index is 5.84. The number of rotatable bonds is 7. The van der Waals surface area contributed by atoms with Gasteiger partial charge in [0.05, 0.1) is 12.7 Å². The summed E-state index contributed by atoms with van der Waals surface area (Å²) in [6.45, 7) is 5.65. The van der Waals surface area contributed by atoms with Crippen molar-refractivity contribution in [1.82, 2.24) is 9.97 Å². The average Bonchev–Trinajstić information content (AvgIpc) is 2.96. The fourth-order valence-corrected chi connectivity index (χ4v) is 2.65. The van der Waals surface area contributed by atoms with Crippen LogP contribution in [0.3, 0.4) is 0 Å². The normalized spacial score (nSPS) is 15.8. The maximum Gasteiger partial charge on any atom is 0.148 e. The van der Waals surface area contributed by atoms with E-state index in [0.29, 0.717) is 24.4 Å². The Morgan fingerprint density at radius 2 is 2.00 bits per heavy atom. The molecule has 0 aliphatic heterocycles. The molecule has 0 radical (unpaired) electrons. The number of anilines is 2. The monoisotopic (exact) mass is 279 g/mol. The Kier molecular flexibility index (Phi) is 5.55. The number of hydrogen-bond donors (Lipinski definition) is 3. The molecule has 0 bridgehead atoms. The predicted molar refractivity (Wildman–Crippen MR) is 80.6 cm³/mol. The van der Waals surface area contributed by atoms with E-state index in [-0.39, 0.29) is 0 Å². The largest absolute Gasteiger partial charge is 0.376 e. The number of nitrogens with zero attached hydrogens (tertiary/aromatic N) is 2. The quantitative estimate of drug-likeness (QED) is 0.403. The van der Waals surface area contributed by atoms with Gasteiger partial charge in [-0.15, -0.1) is 0 Å². The minimum atomic E-state index is 0.292. The van der Waals surface area contributed by atoms with E-state index in [1.54, 1.807) is 0 Å². The highest BCUT2D eigenvalue weighted by molar-refractivity contribution is 5.58. The maximum absolute atomic E-state index is 5.84. The summed E-state index contributed by atoms with van der Waals surface area (Å²) in [5, 5.41) is 3.32. The molecule has 6 nitrogen and oxygen atoms in total. The Morgan fingerprint density at radius 1 is 1.30 bits per heavy atom. The van der Waals surface area contributed by atoms with Gasteiger partial charge in [-0.1, -0.05) is 26.7 Å². The smallest absolute Gasteiger partial charge is 0.148 e. The lowest BCUT2D eigenvalue weighted by Gasteiger charge is -2.17. The van der Waals surface area contributed by atoms with Crippen molar-refractivity contribution < 1.29 is 4.74 Å². The van der Waals surface area contributed by atoms with E-state index >= 15 is 0 Å². The third-order valence-electron chi connectivity index (χ3n) is 3.65. The number of hydrazine groups is 1. The van der Waals surface area contributed by atoms with Crippen molar-refractivity contribution in [3.8, 4) is 0 Å². The number of nitrogens with one attached hydrogen (secondary N) is 2. The lowest BCUT2D eigenvalue weighted by atomic mass is 10.0. The molecule has 1 heterocycles. The SMILES string of the molecule is CC(C)c1c(NN)ncnc1NCCOC1CCCC1. The van der Waals surface area contributed by atoms with Gasteiger partial charge in [0.2, 0.25) is 0 Å². The van der Waals surface area contributed by atoms with E-state index in [4.69, 9.17) is 10.6 Å². The van der Waals surface area contributed by atoms with Gasteiger partial charge in [-0.25, -0.2) is 15.8 Å². The lowest BCUT2D eigenvalue weighted by Crippen LogP contribution is -2.18. The van der Waals surface area contributed by atoms with Crippen molar-refractivity contribution >= 4 is 11.6 Å². The topological polar surface area (TPSA) is 85.1 Å². The molecule has 112 valence electrons. The van der Waals surface area contributed by atoms with Crippen molar-refractivity contribution in [2.45, 2.75) is 51.6 Å². The highest BCUT2D eigenvalue weighted by atomic mass is 16.5. The first-order chi connectivity index (χ1) is 9.72. The van der Waals surface area contributed by atoms with Crippen LogP contribution in [0.1, 0.15) is 51.0 Å². The minimum Gasteiger partial charge on any atom is -0.376 e. The Morgan fingerprint density at radius 3 is 2.65 bits per heavy atom. The number of nitrogens with two attached hydrogens (primary N) is 1. The first-order valence-electron chi connectivity index (χ1n) is 7.39. The highest BCUT2D eigenvalue weighted by Crippen LogP contribution is 2.27. The lowest BCUT2D eigenvalue weighted by molar-refractivity contribution is 0.0658. The zero-order valence-corrected chi connectivity index (χ0v) is 12.4. The van der Waals surface area contributed by atoms with Crippen LogP contribution >= 0.6 is 0 Å². The number of ether oxygens (including phenoxy) is 1. The Labute approximate surface area is 120 Å². The molecule has 1 aliphatic rings. The summed E-state index contributed by atoms with van der Waals surface area (Å²) >= 11 is 0. The van der Waals surface area contributed by atoms with Gasteiger partial charge >= 0.3 is 0 Å².